The van der Waals surface area contributed by atoms with Crippen molar-refractivity contribution in [2.75, 3.05) is 20.3 Å². The van der Waals surface area contributed by atoms with Crippen molar-refractivity contribution in [3.63, 3.8) is 0 Å². The number of methoxy groups -OCH3 is 1. The molecule has 0 amide bonds. The molecule has 0 aliphatic carbocycles. The monoisotopic (exact) mass is 361 g/mol. The number of ether oxygens (including phenoxy) is 3. The van der Waals surface area contributed by atoms with E-state index in [1.54, 1.807) is 42.5 Å². The molecule has 0 radical (unpaired) electrons. The standard InChI is InChI=1S/C22H19NO4/c1-4-11-27-20-10-9-16(13-21(20)26-5-2)12-18(15-23)22(24)17-7-6-8-19(14-17)25-3/h1,6-10,12-14H,5,11H2,2-3H3/b18-12+. The lowest BCUT2D eigenvalue weighted by molar-refractivity contribution is 0.103. The average molecular weight is 361 g/mol. The van der Waals surface area contributed by atoms with Gasteiger partial charge in [-0.1, -0.05) is 24.1 Å². The molecule has 2 aromatic rings. The zero-order chi connectivity index (χ0) is 19.6. The highest BCUT2D eigenvalue weighted by Gasteiger charge is 2.14. The summed E-state index contributed by atoms with van der Waals surface area (Å²) in [6.45, 7) is 2.40. The summed E-state index contributed by atoms with van der Waals surface area (Å²) in [5, 5.41) is 9.44. The highest BCUT2D eigenvalue weighted by Crippen LogP contribution is 2.29. The van der Waals surface area contributed by atoms with Crippen molar-refractivity contribution in [1.29, 1.82) is 5.26 Å². The van der Waals surface area contributed by atoms with Crippen LogP contribution in [0.15, 0.2) is 48.0 Å². The summed E-state index contributed by atoms with van der Waals surface area (Å²) in [7, 11) is 1.52. The van der Waals surface area contributed by atoms with Crippen LogP contribution in [-0.4, -0.2) is 26.1 Å². The van der Waals surface area contributed by atoms with Gasteiger partial charge in [-0.2, -0.15) is 5.26 Å². The molecule has 0 bridgehead atoms. The predicted octanol–water partition coefficient (Wildman–Crippen LogP) is 3.90. The Morgan fingerprint density at radius 1 is 1.19 bits per heavy atom. The smallest absolute Gasteiger partial charge is 0.203 e. The maximum atomic E-state index is 12.6. The molecular formula is C22H19NO4. The van der Waals surface area contributed by atoms with Gasteiger partial charge in [0.05, 0.1) is 13.7 Å². The van der Waals surface area contributed by atoms with Crippen LogP contribution in [0.25, 0.3) is 6.08 Å². The number of ketones is 1. The van der Waals surface area contributed by atoms with Crippen LogP contribution in [0.1, 0.15) is 22.8 Å². The van der Waals surface area contributed by atoms with Gasteiger partial charge in [0.25, 0.3) is 0 Å². The number of nitriles is 1. The lowest BCUT2D eigenvalue weighted by atomic mass is 10.0. The first-order valence-electron chi connectivity index (χ1n) is 8.26. The summed E-state index contributed by atoms with van der Waals surface area (Å²) < 4.78 is 16.1. The van der Waals surface area contributed by atoms with Gasteiger partial charge in [-0.15, -0.1) is 6.42 Å². The molecule has 5 heteroatoms. The third-order valence-electron chi connectivity index (χ3n) is 3.59. The number of terminal acetylenes is 1. The Hall–Kier alpha value is -3.70. The van der Waals surface area contributed by atoms with Crippen molar-refractivity contribution in [2.45, 2.75) is 6.92 Å². The molecule has 0 atom stereocenters. The molecule has 0 fully saturated rings. The SMILES string of the molecule is C#CCOc1ccc(/C=C(\C#N)C(=O)c2cccc(OC)c2)cc1OCC. The number of hydrogen-bond acceptors (Lipinski definition) is 5. The molecule has 0 saturated carbocycles. The minimum Gasteiger partial charge on any atom is -0.497 e. The normalized spacial score (nSPS) is 10.4. The summed E-state index contributed by atoms with van der Waals surface area (Å²) in [5.41, 5.74) is 1.02. The van der Waals surface area contributed by atoms with Gasteiger partial charge in [0.1, 0.15) is 24.0 Å². The predicted molar refractivity (Wildman–Crippen MR) is 103 cm³/mol. The Labute approximate surface area is 158 Å². The van der Waals surface area contributed by atoms with Gasteiger partial charge >= 0.3 is 0 Å². The van der Waals surface area contributed by atoms with Crippen LogP contribution < -0.4 is 14.2 Å². The van der Waals surface area contributed by atoms with E-state index in [0.29, 0.717) is 35.0 Å². The molecular weight excluding hydrogens is 342 g/mol. The second-order valence-electron chi connectivity index (χ2n) is 5.36. The van der Waals surface area contributed by atoms with Gasteiger partial charge < -0.3 is 14.2 Å². The molecule has 0 N–H and O–H groups in total. The molecule has 0 aromatic heterocycles. The van der Waals surface area contributed by atoms with Crippen LogP contribution in [0.4, 0.5) is 0 Å². The van der Waals surface area contributed by atoms with Crippen LogP contribution in [0.2, 0.25) is 0 Å². The number of allylic oxidation sites excluding steroid dienone is 1. The van der Waals surface area contributed by atoms with Crippen LogP contribution >= 0.6 is 0 Å². The number of carbonyl (C=O) groups is 1. The van der Waals surface area contributed by atoms with Crippen molar-refractivity contribution < 1.29 is 19.0 Å². The molecule has 0 spiro atoms. The van der Waals surface area contributed by atoms with E-state index in [1.165, 1.54) is 13.2 Å². The fourth-order valence-electron chi connectivity index (χ4n) is 2.36. The number of benzene rings is 2. The fraction of sp³-hybridized carbons (Fsp3) is 0.182. The van der Waals surface area contributed by atoms with Gasteiger partial charge in [-0.3, -0.25) is 4.79 Å². The number of carbonyl (C=O) groups excluding carboxylic acids is 1. The molecule has 5 nitrogen and oxygen atoms in total. The molecule has 0 aliphatic heterocycles. The summed E-state index contributed by atoms with van der Waals surface area (Å²) in [5.74, 6) is 3.55. The first-order valence-corrected chi connectivity index (χ1v) is 8.26. The van der Waals surface area contributed by atoms with Crippen LogP contribution in [0.3, 0.4) is 0 Å². The molecule has 0 aliphatic rings. The minimum atomic E-state index is -0.387. The lowest BCUT2D eigenvalue weighted by Gasteiger charge is -2.11. The van der Waals surface area contributed by atoms with Crippen LogP contribution in [-0.2, 0) is 0 Å². The van der Waals surface area contributed by atoms with Crippen molar-refractivity contribution in [1.82, 2.24) is 0 Å². The molecule has 0 heterocycles. The Balaban J connectivity index is 2.36. The lowest BCUT2D eigenvalue weighted by Crippen LogP contribution is -2.03. The quantitative estimate of drug-likeness (QED) is 0.309. The first-order chi connectivity index (χ1) is 13.1. The van der Waals surface area contributed by atoms with Gasteiger partial charge in [0, 0.05) is 5.56 Å². The Morgan fingerprint density at radius 3 is 2.67 bits per heavy atom. The topological polar surface area (TPSA) is 68.5 Å². The Morgan fingerprint density at radius 2 is 2.00 bits per heavy atom. The van der Waals surface area contributed by atoms with E-state index in [9.17, 15) is 10.1 Å². The third kappa shape index (κ3) is 5.14. The number of nitrogens with zero attached hydrogens (tertiary/aromatic N) is 1. The summed E-state index contributed by atoms with van der Waals surface area (Å²) in [6, 6.07) is 13.7. The van der Waals surface area contributed by atoms with E-state index in [1.807, 2.05) is 13.0 Å². The van der Waals surface area contributed by atoms with Gasteiger partial charge in [0.2, 0.25) is 5.78 Å². The summed E-state index contributed by atoms with van der Waals surface area (Å²) in [6.07, 6.45) is 6.72. The van der Waals surface area contributed by atoms with Crippen LogP contribution in [0, 0.1) is 23.7 Å². The number of rotatable bonds is 8. The second kappa shape index (κ2) is 9.70. The van der Waals surface area contributed by atoms with Crippen LogP contribution in [0.5, 0.6) is 17.2 Å². The van der Waals surface area contributed by atoms with E-state index in [0.717, 1.165) is 0 Å². The van der Waals surface area contributed by atoms with Crippen molar-refractivity contribution in [3.8, 4) is 35.7 Å². The van der Waals surface area contributed by atoms with E-state index in [4.69, 9.17) is 20.6 Å². The largest absolute Gasteiger partial charge is 0.497 e. The van der Waals surface area contributed by atoms with Crippen molar-refractivity contribution >= 4 is 11.9 Å². The number of Topliss-reactive ketones (excluding diaryl/α,β-unsaturated/α-hetero) is 1. The highest BCUT2D eigenvalue weighted by molar-refractivity contribution is 6.14. The average Bonchev–Trinajstić information content (AvgIpc) is 2.71. The van der Waals surface area contributed by atoms with E-state index >= 15 is 0 Å². The van der Waals surface area contributed by atoms with E-state index in [2.05, 4.69) is 5.92 Å². The third-order valence-corrected chi connectivity index (χ3v) is 3.59. The Kier molecular flexibility index (Phi) is 7.05. The molecule has 27 heavy (non-hydrogen) atoms. The molecule has 0 saturated heterocycles. The Bertz CT molecular complexity index is 932. The maximum absolute atomic E-state index is 12.6. The summed E-state index contributed by atoms with van der Waals surface area (Å²) in [4.78, 5) is 12.6. The molecule has 2 aromatic carbocycles. The first kappa shape index (κ1) is 19.6. The van der Waals surface area contributed by atoms with Crippen molar-refractivity contribution in [2.24, 2.45) is 0 Å². The van der Waals surface area contributed by atoms with Crippen molar-refractivity contribution in [3.05, 3.63) is 59.2 Å². The van der Waals surface area contributed by atoms with E-state index in [-0.39, 0.29) is 18.0 Å². The van der Waals surface area contributed by atoms with E-state index < -0.39 is 0 Å². The van der Waals surface area contributed by atoms with Gasteiger partial charge in [0.15, 0.2) is 11.5 Å². The molecule has 0 unspecified atom stereocenters. The zero-order valence-electron chi connectivity index (χ0n) is 15.2. The zero-order valence-corrected chi connectivity index (χ0v) is 15.2. The highest BCUT2D eigenvalue weighted by atomic mass is 16.5. The minimum absolute atomic E-state index is 0.00277. The maximum Gasteiger partial charge on any atom is 0.203 e. The molecule has 2 rings (SSSR count). The summed E-state index contributed by atoms with van der Waals surface area (Å²) >= 11 is 0. The fourth-order valence-corrected chi connectivity index (χ4v) is 2.36. The number of hydrogen-bond donors (Lipinski definition) is 0. The second-order valence-corrected chi connectivity index (χ2v) is 5.36. The van der Waals surface area contributed by atoms with Gasteiger partial charge in [-0.05, 0) is 42.8 Å². The van der Waals surface area contributed by atoms with Gasteiger partial charge in [-0.25, -0.2) is 0 Å². The molecule has 136 valence electrons.